The van der Waals surface area contributed by atoms with Gasteiger partial charge in [0.05, 0.1) is 19.9 Å². The van der Waals surface area contributed by atoms with E-state index >= 15 is 0 Å². The molecule has 2 rings (SSSR count). The molecule has 2 aromatic heterocycles. The van der Waals surface area contributed by atoms with E-state index < -0.39 is 5.97 Å². The second-order valence-corrected chi connectivity index (χ2v) is 3.73. The summed E-state index contributed by atoms with van der Waals surface area (Å²) in [5, 5.41) is 0. The Balaban J connectivity index is 2.57. The smallest absolute Gasteiger partial charge is 0.342 e. The third-order valence-electron chi connectivity index (χ3n) is 2.58. The molecule has 0 aliphatic rings. The maximum absolute atomic E-state index is 12.1. The van der Waals surface area contributed by atoms with Gasteiger partial charge in [-0.15, -0.1) is 0 Å². The molecule has 2 heterocycles. The first kappa shape index (κ1) is 13.0. The van der Waals surface area contributed by atoms with Crippen LogP contribution >= 0.6 is 0 Å². The largest absolute Gasteiger partial charge is 0.494 e. The van der Waals surface area contributed by atoms with Gasteiger partial charge in [-0.2, -0.15) is 0 Å². The molecule has 0 atom stereocenters. The second kappa shape index (κ2) is 5.95. The topological polar surface area (TPSA) is 61.3 Å². The van der Waals surface area contributed by atoms with Gasteiger partial charge < -0.3 is 9.47 Å². The molecule has 0 amide bonds. The Morgan fingerprint density at radius 3 is 2.74 bits per heavy atom. The molecule has 0 N–H and O–H groups in total. The molecule has 0 aliphatic heterocycles. The minimum Gasteiger partial charge on any atom is -0.494 e. The van der Waals surface area contributed by atoms with Crippen molar-refractivity contribution in [1.29, 1.82) is 0 Å². The SMILES string of the molecule is CCOC(=O)c1c(OC)cncc1-c1cccnc1. The molecule has 98 valence electrons. The predicted octanol–water partition coefficient (Wildman–Crippen LogP) is 2.33. The van der Waals surface area contributed by atoms with E-state index in [-0.39, 0.29) is 0 Å². The van der Waals surface area contributed by atoms with E-state index in [1.54, 1.807) is 31.6 Å². The van der Waals surface area contributed by atoms with Gasteiger partial charge in [0.1, 0.15) is 5.56 Å². The zero-order valence-electron chi connectivity index (χ0n) is 10.8. The number of hydrogen-bond acceptors (Lipinski definition) is 5. The highest BCUT2D eigenvalue weighted by atomic mass is 16.5. The molecule has 0 saturated carbocycles. The van der Waals surface area contributed by atoms with E-state index in [4.69, 9.17) is 9.47 Å². The van der Waals surface area contributed by atoms with E-state index in [1.807, 2.05) is 6.07 Å². The Bertz CT molecular complexity index is 570. The Kier molecular flexibility index (Phi) is 4.07. The highest BCUT2D eigenvalue weighted by Crippen LogP contribution is 2.29. The van der Waals surface area contributed by atoms with E-state index in [1.165, 1.54) is 13.3 Å². The molecule has 5 heteroatoms. The Morgan fingerprint density at radius 2 is 2.11 bits per heavy atom. The number of pyridine rings is 2. The van der Waals surface area contributed by atoms with E-state index in [9.17, 15) is 4.79 Å². The summed E-state index contributed by atoms with van der Waals surface area (Å²) >= 11 is 0. The fourth-order valence-electron chi connectivity index (χ4n) is 1.75. The molecule has 0 radical (unpaired) electrons. The predicted molar refractivity (Wildman–Crippen MR) is 70.0 cm³/mol. The van der Waals surface area contributed by atoms with E-state index in [0.29, 0.717) is 23.5 Å². The summed E-state index contributed by atoms with van der Waals surface area (Å²) in [5.41, 5.74) is 1.80. The summed E-state index contributed by atoms with van der Waals surface area (Å²) in [6.45, 7) is 2.06. The van der Waals surface area contributed by atoms with Gasteiger partial charge in [0.15, 0.2) is 5.75 Å². The summed E-state index contributed by atoms with van der Waals surface area (Å²) in [4.78, 5) is 20.2. The van der Waals surface area contributed by atoms with Crippen LogP contribution in [0.25, 0.3) is 11.1 Å². The average Bonchev–Trinajstić information content (AvgIpc) is 2.47. The number of ether oxygens (including phenoxy) is 2. The Labute approximate surface area is 111 Å². The van der Waals surface area contributed by atoms with Gasteiger partial charge in [0.25, 0.3) is 0 Å². The van der Waals surface area contributed by atoms with Crippen molar-refractivity contribution in [2.45, 2.75) is 6.92 Å². The van der Waals surface area contributed by atoms with E-state index in [0.717, 1.165) is 5.56 Å². The van der Waals surface area contributed by atoms with Crippen LogP contribution in [0.15, 0.2) is 36.9 Å². The summed E-state index contributed by atoms with van der Waals surface area (Å²) < 4.78 is 10.3. The third-order valence-corrected chi connectivity index (χ3v) is 2.58. The first-order chi connectivity index (χ1) is 9.27. The highest BCUT2D eigenvalue weighted by molar-refractivity contribution is 5.99. The molecular formula is C14H14N2O3. The minimum atomic E-state index is -0.430. The average molecular weight is 258 g/mol. The summed E-state index contributed by atoms with van der Waals surface area (Å²) in [6.07, 6.45) is 6.43. The normalized spacial score (nSPS) is 10.0. The molecule has 0 bridgehead atoms. The number of carbonyl (C=O) groups excluding carboxylic acids is 1. The number of methoxy groups -OCH3 is 1. The number of hydrogen-bond donors (Lipinski definition) is 0. The molecule has 0 aliphatic carbocycles. The lowest BCUT2D eigenvalue weighted by Gasteiger charge is -2.12. The number of aromatic nitrogens is 2. The van der Waals surface area contributed by atoms with Crippen molar-refractivity contribution in [3.63, 3.8) is 0 Å². The zero-order chi connectivity index (χ0) is 13.7. The van der Waals surface area contributed by atoms with Crippen LogP contribution < -0.4 is 4.74 Å². The van der Waals surface area contributed by atoms with Crippen LogP contribution in [0.2, 0.25) is 0 Å². The highest BCUT2D eigenvalue weighted by Gasteiger charge is 2.20. The first-order valence-electron chi connectivity index (χ1n) is 5.87. The van der Waals surface area contributed by atoms with Crippen LogP contribution in [0.3, 0.4) is 0 Å². The summed E-state index contributed by atoms with van der Waals surface area (Å²) in [6, 6.07) is 3.65. The van der Waals surface area contributed by atoms with Gasteiger partial charge >= 0.3 is 5.97 Å². The van der Waals surface area contributed by atoms with Gasteiger partial charge in [0.2, 0.25) is 0 Å². The van der Waals surface area contributed by atoms with Crippen LogP contribution in [0.5, 0.6) is 5.75 Å². The van der Waals surface area contributed by atoms with Gasteiger partial charge in [-0.3, -0.25) is 9.97 Å². The first-order valence-corrected chi connectivity index (χ1v) is 5.87. The number of esters is 1. The standard InChI is InChI=1S/C14H14N2O3/c1-3-19-14(17)13-11(8-16-9-12(13)18-2)10-5-4-6-15-7-10/h4-9H,3H2,1-2H3. The fourth-order valence-corrected chi connectivity index (χ4v) is 1.75. The summed E-state index contributed by atoms with van der Waals surface area (Å²) in [5.74, 6) is -0.0413. The van der Waals surface area contributed by atoms with Crippen LogP contribution in [-0.4, -0.2) is 29.7 Å². The molecule has 0 saturated heterocycles. The Morgan fingerprint density at radius 1 is 1.26 bits per heavy atom. The van der Waals surface area contributed by atoms with Crippen molar-refractivity contribution in [2.75, 3.05) is 13.7 Å². The molecule has 2 aromatic rings. The van der Waals surface area contributed by atoms with Crippen molar-refractivity contribution in [2.24, 2.45) is 0 Å². The number of rotatable bonds is 4. The zero-order valence-corrected chi connectivity index (χ0v) is 10.8. The van der Waals surface area contributed by atoms with Crippen molar-refractivity contribution >= 4 is 5.97 Å². The second-order valence-electron chi connectivity index (χ2n) is 3.73. The van der Waals surface area contributed by atoms with Crippen molar-refractivity contribution in [3.8, 4) is 16.9 Å². The molecule has 0 aromatic carbocycles. The number of carbonyl (C=O) groups is 1. The van der Waals surface area contributed by atoms with Gasteiger partial charge in [0, 0.05) is 29.7 Å². The lowest BCUT2D eigenvalue weighted by Crippen LogP contribution is -2.09. The molecule has 0 unspecified atom stereocenters. The van der Waals surface area contributed by atoms with Gasteiger partial charge in [-0.1, -0.05) is 6.07 Å². The lowest BCUT2D eigenvalue weighted by atomic mass is 10.0. The number of nitrogens with zero attached hydrogens (tertiary/aromatic N) is 2. The Hall–Kier alpha value is -2.43. The van der Waals surface area contributed by atoms with E-state index in [2.05, 4.69) is 9.97 Å². The lowest BCUT2D eigenvalue weighted by molar-refractivity contribution is 0.0523. The summed E-state index contributed by atoms with van der Waals surface area (Å²) in [7, 11) is 1.49. The van der Waals surface area contributed by atoms with Crippen molar-refractivity contribution in [3.05, 3.63) is 42.5 Å². The fraction of sp³-hybridized carbons (Fsp3) is 0.214. The maximum Gasteiger partial charge on any atom is 0.342 e. The quantitative estimate of drug-likeness (QED) is 0.788. The van der Waals surface area contributed by atoms with Crippen LogP contribution in [0.1, 0.15) is 17.3 Å². The van der Waals surface area contributed by atoms with Crippen LogP contribution in [-0.2, 0) is 4.74 Å². The van der Waals surface area contributed by atoms with Crippen LogP contribution in [0, 0.1) is 0 Å². The monoisotopic (exact) mass is 258 g/mol. The molecule has 19 heavy (non-hydrogen) atoms. The van der Waals surface area contributed by atoms with Gasteiger partial charge in [-0.25, -0.2) is 4.79 Å². The molecule has 0 fully saturated rings. The van der Waals surface area contributed by atoms with Gasteiger partial charge in [-0.05, 0) is 13.0 Å². The van der Waals surface area contributed by atoms with Crippen LogP contribution in [0.4, 0.5) is 0 Å². The molecular weight excluding hydrogens is 244 g/mol. The maximum atomic E-state index is 12.1. The third kappa shape index (κ3) is 2.70. The van der Waals surface area contributed by atoms with Crippen molar-refractivity contribution in [1.82, 2.24) is 9.97 Å². The van der Waals surface area contributed by atoms with Crippen molar-refractivity contribution < 1.29 is 14.3 Å². The molecule has 0 spiro atoms. The molecule has 5 nitrogen and oxygen atoms in total. The minimum absolute atomic E-state index is 0.302.